The second-order valence-electron chi connectivity index (χ2n) is 4.87. The number of aromatic amines is 2. The number of H-pyrrole nitrogens is 2. The van der Waals surface area contributed by atoms with E-state index >= 15 is 0 Å². The Morgan fingerprint density at radius 2 is 2.05 bits per heavy atom. The molecule has 0 unspecified atom stereocenters. The smallest absolute Gasteiger partial charge is 0.110 e. The predicted octanol–water partition coefficient (Wildman–Crippen LogP) is 3.39. The summed E-state index contributed by atoms with van der Waals surface area (Å²) < 4.78 is 0.941. The van der Waals surface area contributed by atoms with Crippen molar-refractivity contribution in [3.8, 4) is 11.3 Å². The number of nitrogens with zero attached hydrogens (tertiary/aromatic N) is 1. The Hall–Kier alpha value is -1.59. The van der Waals surface area contributed by atoms with E-state index in [4.69, 9.17) is 4.98 Å². The Bertz CT molecular complexity index is 741. The number of aryl methyl sites for hydroxylation is 1. The number of aromatic nitrogens is 3. The molecule has 3 rings (SSSR count). The molecule has 0 amide bonds. The Morgan fingerprint density at radius 1 is 1.25 bits per heavy atom. The fraction of sp³-hybridized carbons (Fsp3) is 0.267. The van der Waals surface area contributed by atoms with E-state index in [2.05, 4.69) is 56.3 Å². The standard InChI is InChI=1S/C15H17BrN4/c1-9-13(10-5-3-4-6-11(10)18-9)14-15(16)20-12(19-14)7-8-17-2/h3-6,17-18H,7-8H2,1-2H3,(H,19,20). The minimum atomic E-state index is 0.885. The third-order valence-electron chi connectivity index (χ3n) is 3.45. The van der Waals surface area contributed by atoms with Crippen LogP contribution in [0.2, 0.25) is 0 Å². The SMILES string of the molecule is CNCCc1nc(-c2c(C)[nH]c3ccccc23)c(Br)[nH]1. The van der Waals surface area contributed by atoms with Gasteiger partial charge in [-0.25, -0.2) is 4.98 Å². The van der Waals surface area contributed by atoms with Crippen LogP contribution in [0.4, 0.5) is 0 Å². The normalized spacial score (nSPS) is 11.3. The van der Waals surface area contributed by atoms with Gasteiger partial charge in [-0.2, -0.15) is 0 Å². The van der Waals surface area contributed by atoms with Gasteiger partial charge in [-0.05, 0) is 36.0 Å². The first-order valence-corrected chi connectivity index (χ1v) is 7.46. The zero-order chi connectivity index (χ0) is 14.1. The van der Waals surface area contributed by atoms with Gasteiger partial charge >= 0.3 is 0 Å². The Morgan fingerprint density at radius 3 is 2.85 bits per heavy atom. The molecule has 3 aromatic rings. The first kappa shape index (κ1) is 13.4. The molecule has 0 spiro atoms. The summed E-state index contributed by atoms with van der Waals surface area (Å²) in [6.07, 6.45) is 0.885. The predicted molar refractivity (Wildman–Crippen MR) is 85.9 cm³/mol. The molecule has 0 atom stereocenters. The van der Waals surface area contributed by atoms with Crippen LogP contribution in [0.25, 0.3) is 22.2 Å². The Labute approximate surface area is 126 Å². The van der Waals surface area contributed by atoms with Crippen molar-refractivity contribution in [3.63, 3.8) is 0 Å². The molecule has 0 aliphatic carbocycles. The number of nitrogens with one attached hydrogen (secondary N) is 3. The van der Waals surface area contributed by atoms with E-state index < -0.39 is 0 Å². The summed E-state index contributed by atoms with van der Waals surface area (Å²) in [5.41, 5.74) is 4.43. The molecule has 4 nitrogen and oxygen atoms in total. The molecule has 104 valence electrons. The summed E-state index contributed by atoms with van der Waals surface area (Å²) in [5.74, 6) is 0.992. The molecule has 20 heavy (non-hydrogen) atoms. The van der Waals surface area contributed by atoms with Crippen LogP contribution in [0.5, 0.6) is 0 Å². The molecule has 3 N–H and O–H groups in total. The summed E-state index contributed by atoms with van der Waals surface area (Å²) in [5, 5.41) is 4.35. The second-order valence-corrected chi connectivity index (χ2v) is 5.66. The van der Waals surface area contributed by atoms with Crippen LogP contribution in [0.15, 0.2) is 28.9 Å². The van der Waals surface area contributed by atoms with Crippen LogP contribution in [-0.4, -0.2) is 28.5 Å². The van der Waals surface area contributed by atoms with E-state index in [1.54, 1.807) is 0 Å². The number of fused-ring (bicyclic) bond motifs is 1. The number of imidazole rings is 1. The van der Waals surface area contributed by atoms with Gasteiger partial charge in [0.1, 0.15) is 16.1 Å². The molecule has 0 aliphatic rings. The van der Waals surface area contributed by atoms with E-state index in [-0.39, 0.29) is 0 Å². The first-order chi connectivity index (χ1) is 9.70. The molecule has 5 heteroatoms. The molecule has 2 aromatic heterocycles. The average Bonchev–Trinajstić information content (AvgIpc) is 2.95. The molecule has 2 heterocycles. The van der Waals surface area contributed by atoms with Crippen LogP contribution in [0.3, 0.4) is 0 Å². The van der Waals surface area contributed by atoms with Gasteiger partial charge in [-0.1, -0.05) is 18.2 Å². The van der Waals surface area contributed by atoms with Crippen LogP contribution in [0.1, 0.15) is 11.5 Å². The summed E-state index contributed by atoms with van der Waals surface area (Å²) in [4.78, 5) is 11.5. The maximum absolute atomic E-state index is 4.74. The van der Waals surface area contributed by atoms with E-state index in [0.29, 0.717) is 0 Å². The number of halogens is 1. The average molecular weight is 333 g/mol. The zero-order valence-electron chi connectivity index (χ0n) is 11.5. The minimum Gasteiger partial charge on any atom is -0.358 e. The van der Waals surface area contributed by atoms with Gasteiger partial charge in [0.15, 0.2) is 0 Å². The van der Waals surface area contributed by atoms with Crippen LogP contribution in [-0.2, 0) is 6.42 Å². The van der Waals surface area contributed by atoms with Crippen LogP contribution in [0, 0.1) is 6.92 Å². The molecular formula is C15H17BrN4. The maximum atomic E-state index is 4.74. The summed E-state index contributed by atoms with van der Waals surface area (Å²) in [6.45, 7) is 3.00. The molecular weight excluding hydrogens is 316 g/mol. The van der Waals surface area contributed by atoms with Crippen molar-refractivity contribution in [3.05, 3.63) is 40.4 Å². The fourth-order valence-corrected chi connectivity index (χ4v) is 3.02. The summed E-state index contributed by atoms with van der Waals surface area (Å²) in [6, 6.07) is 8.32. The highest BCUT2D eigenvalue weighted by atomic mass is 79.9. The second kappa shape index (κ2) is 5.42. The number of likely N-dealkylation sites (N-methyl/N-ethyl adjacent to an activating group) is 1. The van der Waals surface area contributed by atoms with Crippen molar-refractivity contribution in [2.24, 2.45) is 0 Å². The van der Waals surface area contributed by atoms with E-state index in [9.17, 15) is 0 Å². The third kappa shape index (κ3) is 2.27. The summed E-state index contributed by atoms with van der Waals surface area (Å²) in [7, 11) is 1.95. The Balaban J connectivity index is 2.11. The lowest BCUT2D eigenvalue weighted by Gasteiger charge is -1.98. The molecule has 1 aromatic carbocycles. The lowest BCUT2D eigenvalue weighted by molar-refractivity contribution is 0.764. The van der Waals surface area contributed by atoms with Crippen molar-refractivity contribution < 1.29 is 0 Å². The molecule has 0 aliphatic heterocycles. The summed E-state index contributed by atoms with van der Waals surface area (Å²) >= 11 is 3.60. The lowest BCUT2D eigenvalue weighted by Crippen LogP contribution is -2.11. The highest BCUT2D eigenvalue weighted by molar-refractivity contribution is 9.10. The molecule has 0 fully saturated rings. The van der Waals surface area contributed by atoms with Crippen molar-refractivity contribution in [1.82, 2.24) is 20.3 Å². The van der Waals surface area contributed by atoms with E-state index in [0.717, 1.165) is 40.3 Å². The lowest BCUT2D eigenvalue weighted by atomic mass is 10.1. The van der Waals surface area contributed by atoms with Crippen LogP contribution < -0.4 is 5.32 Å². The number of rotatable bonds is 4. The number of benzene rings is 1. The third-order valence-corrected chi connectivity index (χ3v) is 4.02. The van der Waals surface area contributed by atoms with Gasteiger partial charge in [0.05, 0.1) is 0 Å². The monoisotopic (exact) mass is 332 g/mol. The number of hydrogen-bond donors (Lipinski definition) is 3. The first-order valence-electron chi connectivity index (χ1n) is 6.67. The van der Waals surface area contributed by atoms with E-state index in [1.165, 1.54) is 10.9 Å². The maximum Gasteiger partial charge on any atom is 0.110 e. The van der Waals surface area contributed by atoms with Crippen molar-refractivity contribution in [2.75, 3.05) is 13.6 Å². The number of para-hydroxylation sites is 1. The highest BCUT2D eigenvalue weighted by Gasteiger charge is 2.16. The van der Waals surface area contributed by atoms with Crippen molar-refractivity contribution in [2.45, 2.75) is 13.3 Å². The molecule has 0 bridgehead atoms. The Kier molecular flexibility index (Phi) is 3.63. The van der Waals surface area contributed by atoms with Gasteiger partial charge < -0.3 is 15.3 Å². The van der Waals surface area contributed by atoms with Crippen molar-refractivity contribution in [1.29, 1.82) is 0 Å². The number of hydrogen-bond acceptors (Lipinski definition) is 2. The molecule has 0 radical (unpaired) electrons. The zero-order valence-corrected chi connectivity index (χ0v) is 13.1. The molecule has 0 saturated carbocycles. The van der Waals surface area contributed by atoms with Crippen molar-refractivity contribution >= 4 is 26.8 Å². The minimum absolute atomic E-state index is 0.885. The van der Waals surface area contributed by atoms with Gasteiger partial charge in [0.2, 0.25) is 0 Å². The largest absolute Gasteiger partial charge is 0.358 e. The fourth-order valence-electron chi connectivity index (χ4n) is 2.51. The van der Waals surface area contributed by atoms with Crippen LogP contribution >= 0.6 is 15.9 Å². The van der Waals surface area contributed by atoms with Gasteiger partial charge in [0.25, 0.3) is 0 Å². The van der Waals surface area contributed by atoms with Gasteiger partial charge in [-0.3, -0.25) is 0 Å². The van der Waals surface area contributed by atoms with Gasteiger partial charge in [0, 0.05) is 35.1 Å². The highest BCUT2D eigenvalue weighted by Crippen LogP contribution is 2.34. The van der Waals surface area contributed by atoms with Gasteiger partial charge in [-0.15, -0.1) is 0 Å². The van der Waals surface area contributed by atoms with E-state index in [1.807, 2.05) is 13.1 Å². The topological polar surface area (TPSA) is 56.5 Å². The molecule has 0 saturated heterocycles. The quantitative estimate of drug-likeness (QED) is 0.685.